The van der Waals surface area contributed by atoms with Crippen LogP contribution in [0.3, 0.4) is 0 Å². The van der Waals surface area contributed by atoms with E-state index in [2.05, 4.69) is 0 Å². The van der Waals surface area contributed by atoms with Gasteiger partial charge in [0, 0.05) is 13.1 Å². The molecule has 1 N–H and O–H groups in total. The number of sulfonamides is 1. The molecular formula is C13H19NO4S. The lowest BCUT2D eigenvalue weighted by atomic mass is 9.85. The van der Waals surface area contributed by atoms with E-state index in [1.165, 1.54) is 17.5 Å². The van der Waals surface area contributed by atoms with Crippen molar-refractivity contribution in [2.75, 3.05) is 20.2 Å². The Balaban J connectivity index is 2.26. The van der Waals surface area contributed by atoms with Crippen molar-refractivity contribution < 1.29 is 18.3 Å². The Hall–Kier alpha value is -1.11. The molecule has 2 rings (SSSR count). The number of nitrogens with zero attached hydrogens (tertiary/aromatic N) is 1. The predicted octanol–water partition coefficient (Wildman–Crippen LogP) is 1.09. The van der Waals surface area contributed by atoms with Gasteiger partial charge in [0.1, 0.15) is 10.6 Å². The average molecular weight is 285 g/mol. The van der Waals surface area contributed by atoms with Gasteiger partial charge >= 0.3 is 0 Å². The Kier molecular flexibility index (Phi) is 3.59. The molecule has 6 heteroatoms. The van der Waals surface area contributed by atoms with Crippen molar-refractivity contribution in [2.24, 2.45) is 5.92 Å². The highest BCUT2D eigenvalue weighted by Crippen LogP contribution is 2.35. The SMILES string of the molecule is COc1ccccc1S(=O)(=O)N1CC(O)(C(C)C)C1. The van der Waals surface area contributed by atoms with Crippen molar-refractivity contribution >= 4 is 10.0 Å². The molecule has 0 aliphatic carbocycles. The lowest BCUT2D eigenvalue weighted by Gasteiger charge is -2.47. The molecule has 0 atom stereocenters. The van der Waals surface area contributed by atoms with Gasteiger partial charge in [-0.1, -0.05) is 26.0 Å². The molecule has 106 valence electrons. The second kappa shape index (κ2) is 4.77. The zero-order valence-corrected chi connectivity index (χ0v) is 12.1. The van der Waals surface area contributed by atoms with Crippen LogP contribution in [0.4, 0.5) is 0 Å². The van der Waals surface area contributed by atoms with Crippen LogP contribution in [0.2, 0.25) is 0 Å². The van der Waals surface area contributed by atoms with Gasteiger partial charge < -0.3 is 9.84 Å². The quantitative estimate of drug-likeness (QED) is 0.899. The van der Waals surface area contributed by atoms with E-state index >= 15 is 0 Å². The summed E-state index contributed by atoms with van der Waals surface area (Å²) in [5, 5.41) is 10.2. The minimum atomic E-state index is -3.60. The van der Waals surface area contributed by atoms with Crippen molar-refractivity contribution in [1.29, 1.82) is 0 Å². The molecule has 1 aliphatic rings. The van der Waals surface area contributed by atoms with E-state index in [-0.39, 0.29) is 23.9 Å². The van der Waals surface area contributed by atoms with Gasteiger partial charge in [0.05, 0.1) is 12.7 Å². The fourth-order valence-corrected chi connectivity index (χ4v) is 3.79. The normalized spacial score (nSPS) is 19.2. The first-order valence-corrected chi connectivity index (χ1v) is 7.61. The topological polar surface area (TPSA) is 66.8 Å². The summed E-state index contributed by atoms with van der Waals surface area (Å²) < 4.78 is 31.2. The van der Waals surface area contributed by atoms with Crippen molar-refractivity contribution in [2.45, 2.75) is 24.3 Å². The van der Waals surface area contributed by atoms with Crippen LogP contribution in [0, 0.1) is 5.92 Å². The Labute approximate surface area is 113 Å². The molecule has 19 heavy (non-hydrogen) atoms. The molecule has 5 nitrogen and oxygen atoms in total. The Bertz CT molecular complexity index is 562. The monoisotopic (exact) mass is 285 g/mol. The minimum absolute atomic E-state index is 0.0246. The van der Waals surface area contributed by atoms with Crippen LogP contribution in [0.5, 0.6) is 5.75 Å². The van der Waals surface area contributed by atoms with Crippen LogP contribution in [-0.4, -0.2) is 43.6 Å². The molecule has 1 heterocycles. The molecule has 0 aromatic heterocycles. The molecule has 0 saturated carbocycles. The second-order valence-electron chi connectivity index (χ2n) is 5.18. The minimum Gasteiger partial charge on any atom is -0.495 e. The molecule has 1 aliphatic heterocycles. The van der Waals surface area contributed by atoms with Gasteiger partial charge in [0.25, 0.3) is 0 Å². The molecule has 0 amide bonds. The number of methoxy groups -OCH3 is 1. The van der Waals surface area contributed by atoms with Gasteiger partial charge in [0.15, 0.2) is 0 Å². The zero-order chi connectivity index (χ0) is 14.3. The first-order chi connectivity index (χ1) is 8.81. The summed E-state index contributed by atoms with van der Waals surface area (Å²) >= 11 is 0. The lowest BCUT2D eigenvalue weighted by Crippen LogP contribution is -2.65. The average Bonchev–Trinajstić information content (AvgIpc) is 2.34. The number of hydrogen-bond acceptors (Lipinski definition) is 4. The van der Waals surface area contributed by atoms with Crippen LogP contribution >= 0.6 is 0 Å². The predicted molar refractivity (Wildman–Crippen MR) is 71.5 cm³/mol. The Morgan fingerprint density at radius 1 is 1.32 bits per heavy atom. The highest BCUT2D eigenvalue weighted by atomic mass is 32.2. The van der Waals surface area contributed by atoms with Gasteiger partial charge in [-0.3, -0.25) is 0 Å². The third kappa shape index (κ3) is 2.35. The smallest absolute Gasteiger partial charge is 0.246 e. The van der Waals surface area contributed by atoms with Gasteiger partial charge in [0.2, 0.25) is 10.0 Å². The molecule has 0 unspecified atom stereocenters. The third-order valence-corrected chi connectivity index (χ3v) is 5.49. The van der Waals surface area contributed by atoms with Crippen molar-refractivity contribution in [3.63, 3.8) is 0 Å². The number of para-hydroxylation sites is 1. The van der Waals surface area contributed by atoms with E-state index in [0.29, 0.717) is 5.75 Å². The summed E-state index contributed by atoms with van der Waals surface area (Å²) in [6.45, 7) is 4.02. The maximum atomic E-state index is 12.4. The first-order valence-electron chi connectivity index (χ1n) is 6.17. The van der Waals surface area contributed by atoms with Gasteiger partial charge in [-0.25, -0.2) is 8.42 Å². The standard InChI is InChI=1S/C13H19NO4S/c1-10(2)13(15)8-14(9-13)19(16,17)12-7-5-4-6-11(12)18-3/h4-7,10,15H,8-9H2,1-3H3. The Morgan fingerprint density at radius 3 is 2.42 bits per heavy atom. The number of hydrogen-bond donors (Lipinski definition) is 1. The summed E-state index contributed by atoms with van der Waals surface area (Å²) in [7, 11) is -2.16. The molecule has 1 aromatic rings. The number of ether oxygens (including phenoxy) is 1. The van der Waals surface area contributed by atoms with Crippen molar-refractivity contribution in [3.8, 4) is 5.75 Å². The fraction of sp³-hybridized carbons (Fsp3) is 0.538. The molecule has 0 bridgehead atoms. The van der Waals surface area contributed by atoms with E-state index in [1.54, 1.807) is 18.2 Å². The summed E-state index contributed by atoms with van der Waals surface area (Å²) in [5.41, 5.74) is -0.922. The fourth-order valence-electron chi connectivity index (χ4n) is 2.07. The largest absolute Gasteiger partial charge is 0.495 e. The summed E-state index contributed by atoms with van der Waals surface area (Å²) in [6, 6.07) is 6.50. The molecule has 1 fully saturated rings. The molecular weight excluding hydrogens is 266 g/mol. The zero-order valence-electron chi connectivity index (χ0n) is 11.3. The molecule has 0 radical (unpaired) electrons. The van der Waals surface area contributed by atoms with Crippen LogP contribution in [0.15, 0.2) is 29.2 Å². The number of rotatable bonds is 4. The maximum Gasteiger partial charge on any atom is 0.246 e. The van der Waals surface area contributed by atoms with Gasteiger partial charge in [-0.2, -0.15) is 4.31 Å². The number of benzene rings is 1. The summed E-state index contributed by atoms with van der Waals surface area (Å²) in [4.78, 5) is 0.142. The second-order valence-corrected chi connectivity index (χ2v) is 7.09. The molecule has 1 saturated heterocycles. The Morgan fingerprint density at radius 2 is 1.89 bits per heavy atom. The summed E-state index contributed by atoms with van der Waals surface area (Å²) in [6.07, 6.45) is 0. The van der Waals surface area contributed by atoms with E-state index in [0.717, 1.165) is 0 Å². The van der Waals surface area contributed by atoms with E-state index in [4.69, 9.17) is 4.74 Å². The summed E-state index contributed by atoms with van der Waals surface area (Å²) in [5.74, 6) is 0.346. The molecule has 1 aromatic carbocycles. The van der Waals surface area contributed by atoms with Crippen LogP contribution in [0.25, 0.3) is 0 Å². The number of aliphatic hydroxyl groups is 1. The van der Waals surface area contributed by atoms with Crippen LogP contribution in [0.1, 0.15) is 13.8 Å². The highest BCUT2D eigenvalue weighted by molar-refractivity contribution is 7.89. The van der Waals surface area contributed by atoms with Crippen molar-refractivity contribution in [1.82, 2.24) is 4.31 Å². The van der Waals surface area contributed by atoms with Crippen LogP contribution in [-0.2, 0) is 10.0 Å². The maximum absolute atomic E-state index is 12.4. The molecule has 0 spiro atoms. The van der Waals surface area contributed by atoms with Gasteiger partial charge in [-0.05, 0) is 18.1 Å². The van der Waals surface area contributed by atoms with Crippen LogP contribution < -0.4 is 4.74 Å². The first kappa shape index (κ1) is 14.3. The highest BCUT2D eigenvalue weighted by Gasteiger charge is 2.49. The van der Waals surface area contributed by atoms with Crippen molar-refractivity contribution in [3.05, 3.63) is 24.3 Å². The van der Waals surface area contributed by atoms with Gasteiger partial charge in [-0.15, -0.1) is 0 Å². The van der Waals surface area contributed by atoms with E-state index in [9.17, 15) is 13.5 Å². The lowest BCUT2D eigenvalue weighted by molar-refractivity contribution is -0.0932. The van der Waals surface area contributed by atoms with E-state index in [1.807, 2.05) is 13.8 Å². The van der Waals surface area contributed by atoms with E-state index < -0.39 is 15.6 Å². The third-order valence-electron chi connectivity index (χ3n) is 3.66. The number of β-amino-alcohol motifs (C(OH)–C–C–N with tert-alkyl or cyclic N) is 1.